The van der Waals surface area contributed by atoms with E-state index in [0.29, 0.717) is 17.9 Å². The molecule has 1 heterocycles. The van der Waals surface area contributed by atoms with Crippen molar-refractivity contribution in [2.45, 2.75) is 6.10 Å². The summed E-state index contributed by atoms with van der Waals surface area (Å²) in [5, 5.41) is -0.132. The first-order valence-electron chi connectivity index (χ1n) is 6.86. The quantitative estimate of drug-likeness (QED) is 0.769. The zero-order chi connectivity index (χ0) is 16.1. The van der Waals surface area contributed by atoms with E-state index in [4.69, 9.17) is 4.74 Å². The molecule has 6 nitrogen and oxygen atoms in total. The van der Waals surface area contributed by atoms with Gasteiger partial charge < -0.3 is 14.5 Å². The lowest BCUT2D eigenvalue weighted by Crippen LogP contribution is -2.35. The molecule has 1 aromatic rings. The summed E-state index contributed by atoms with van der Waals surface area (Å²) in [4.78, 5) is 38.6. The largest absolute Gasteiger partial charge is 0.446 e. The van der Waals surface area contributed by atoms with Crippen molar-refractivity contribution in [2.75, 3.05) is 32.9 Å². The Kier molecular flexibility index (Phi) is 5.43. The lowest BCUT2D eigenvalue weighted by Gasteiger charge is -2.22. The first-order chi connectivity index (χ1) is 10.5. The number of thioether (sulfide) groups is 1. The maximum Gasteiger partial charge on any atom is 0.326 e. The first kappa shape index (κ1) is 16.4. The fourth-order valence-corrected chi connectivity index (χ4v) is 2.84. The Morgan fingerprint density at radius 1 is 1.32 bits per heavy atom. The van der Waals surface area contributed by atoms with Gasteiger partial charge in [-0.25, -0.2) is 0 Å². The summed E-state index contributed by atoms with van der Waals surface area (Å²) in [6, 6.07) is 8.84. The molecule has 22 heavy (non-hydrogen) atoms. The van der Waals surface area contributed by atoms with E-state index in [2.05, 4.69) is 0 Å². The van der Waals surface area contributed by atoms with E-state index in [-0.39, 0.29) is 17.7 Å². The molecule has 1 aliphatic rings. The molecule has 1 fully saturated rings. The highest BCUT2D eigenvalue weighted by atomic mass is 32.2. The summed E-state index contributed by atoms with van der Waals surface area (Å²) in [5.74, 6) is -0.230. The number of benzene rings is 1. The number of amides is 2. The number of ether oxygens (including phenoxy) is 1. The third-order valence-electron chi connectivity index (χ3n) is 3.18. The Morgan fingerprint density at radius 3 is 2.55 bits per heavy atom. The molecule has 1 atom stereocenters. The lowest BCUT2D eigenvalue weighted by molar-refractivity contribution is -0.160. The fraction of sp³-hybridized carbons (Fsp3) is 0.400. The van der Waals surface area contributed by atoms with Gasteiger partial charge in [0.05, 0.1) is 0 Å². The van der Waals surface area contributed by atoms with Crippen molar-refractivity contribution in [3.05, 3.63) is 35.9 Å². The molecule has 1 aromatic carbocycles. The minimum atomic E-state index is -0.992. The Balaban J connectivity index is 2.07. The SMILES string of the molecule is CN(C)C(=O)[C@H](OC(=O)CN1CCSC1=O)c1ccccc1. The molecule has 0 N–H and O–H groups in total. The number of carbonyl (C=O) groups is 3. The molecule has 0 radical (unpaired) electrons. The molecule has 7 heteroatoms. The number of likely N-dealkylation sites (N-methyl/N-ethyl adjacent to an activating group) is 1. The molecule has 118 valence electrons. The molecule has 0 unspecified atom stereocenters. The molecule has 1 aliphatic heterocycles. The second-order valence-corrected chi connectivity index (χ2v) is 6.10. The highest BCUT2D eigenvalue weighted by Crippen LogP contribution is 2.21. The highest BCUT2D eigenvalue weighted by Gasteiger charge is 2.29. The summed E-state index contributed by atoms with van der Waals surface area (Å²) in [5.41, 5.74) is 0.608. The van der Waals surface area contributed by atoms with Gasteiger partial charge in [0, 0.05) is 32.0 Å². The van der Waals surface area contributed by atoms with Crippen LogP contribution in [0.2, 0.25) is 0 Å². The van der Waals surface area contributed by atoms with E-state index in [9.17, 15) is 14.4 Å². The van der Waals surface area contributed by atoms with Gasteiger partial charge in [-0.2, -0.15) is 0 Å². The zero-order valence-corrected chi connectivity index (χ0v) is 13.3. The van der Waals surface area contributed by atoms with Gasteiger partial charge in [-0.3, -0.25) is 14.4 Å². The van der Waals surface area contributed by atoms with Gasteiger partial charge in [-0.05, 0) is 0 Å². The van der Waals surface area contributed by atoms with Crippen molar-refractivity contribution in [2.24, 2.45) is 0 Å². The van der Waals surface area contributed by atoms with Gasteiger partial charge >= 0.3 is 5.97 Å². The molecule has 0 bridgehead atoms. The van der Waals surface area contributed by atoms with E-state index in [1.54, 1.807) is 38.4 Å². The van der Waals surface area contributed by atoms with Crippen molar-refractivity contribution < 1.29 is 19.1 Å². The van der Waals surface area contributed by atoms with Crippen molar-refractivity contribution in [3.8, 4) is 0 Å². The van der Waals surface area contributed by atoms with Crippen LogP contribution < -0.4 is 0 Å². The van der Waals surface area contributed by atoms with E-state index in [1.807, 2.05) is 6.07 Å². The molecular weight excluding hydrogens is 304 g/mol. The number of nitrogens with zero attached hydrogens (tertiary/aromatic N) is 2. The summed E-state index contributed by atoms with van der Waals surface area (Å²) in [6.45, 7) is 0.395. The normalized spacial score (nSPS) is 15.5. The predicted octanol–water partition coefficient (Wildman–Crippen LogP) is 1.53. The van der Waals surface area contributed by atoms with Crippen LogP contribution in [0.3, 0.4) is 0 Å². The van der Waals surface area contributed by atoms with Crippen LogP contribution in [-0.2, 0) is 14.3 Å². The second-order valence-electron chi connectivity index (χ2n) is 5.05. The van der Waals surface area contributed by atoms with Gasteiger partial charge in [0.15, 0.2) is 0 Å². The molecule has 2 rings (SSSR count). The maximum absolute atomic E-state index is 12.2. The number of hydrogen-bond donors (Lipinski definition) is 0. The van der Waals surface area contributed by atoms with E-state index < -0.39 is 12.1 Å². The van der Waals surface area contributed by atoms with Gasteiger partial charge in [0.2, 0.25) is 6.10 Å². The van der Waals surface area contributed by atoms with E-state index in [1.165, 1.54) is 21.6 Å². The summed E-state index contributed by atoms with van der Waals surface area (Å²) in [6.07, 6.45) is -0.992. The van der Waals surface area contributed by atoms with Crippen LogP contribution in [0.5, 0.6) is 0 Å². The summed E-state index contributed by atoms with van der Waals surface area (Å²) >= 11 is 1.18. The molecule has 0 spiro atoms. The van der Waals surface area contributed by atoms with Gasteiger partial charge in [0.25, 0.3) is 11.1 Å². The van der Waals surface area contributed by atoms with Crippen molar-refractivity contribution in [1.29, 1.82) is 0 Å². The third-order valence-corrected chi connectivity index (χ3v) is 4.07. The maximum atomic E-state index is 12.2. The Labute approximate surface area is 133 Å². The van der Waals surface area contributed by atoms with Crippen LogP contribution in [0.1, 0.15) is 11.7 Å². The molecule has 0 aliphatic carbocycles. The van der Waals surface area contributed by atoms with Crippen molar-refractivity contribution >= 4 is 28.9 Å². The number of carbonyl (C=O) groups excluding carboxylic acids is 3. The van der Waals surface area contributed by atoms with Crippen LogP contribution in [-0.4, -0.2) is 59.9 Å². The molecular formula is C15H18N2O4S. The monoisotopic (exact) mass is 322 g/mol. The van der Waals surface area contributed by atoms with Crippen LogP contribution in [0.4, 0.5) is 4.79 Å². The fourth-order valence-electron chi connectivity index (χ4n) is 2.02. The molecule has 0 aromatic heterocycles. The number of hydrogen-bond acceptors (Lipinski definition) is 5. The lowest BCUT2D eigenvalue weighted by atomic mass is 10.1. The van der Waals surface area contributed by atoms with Crippen LogP contribution >= 0.6 is 11.8 Å². The van der Waals surface area contributed by atoms with Gasteiger partial charge in [-0.1, -0.05) is 42.1 Å². The number of esters is 1. The standard InChI is InChI=1S/C15H18N2O4S/c1-16(2)14(19)13(11-6-4-3-5-7-11)21-12(18)10-17-8-9-22-15(17)20/h3-7,13H,8-10H2,1-2H3/t13-/m1/s1. The summed E-state index contributed by atoms with van der Waals surface area (Å²) < 4.78 is 5.34. The minimum Gasteiger partial charge on any atom is -0.446 e. The van der Waals surface area contributed by atoms with Crippen LogP contribution in [0, 0.1) is 0 Å². The van der Waals surface area contributed by atoms with Crippen LogP contribution in [0.15, 0.2) is 30.3 Å². The molecule has 2 amide bonds. The Hall–Kier alpha value is -2.02. The van der Waals surface area contributed by atoms with Crippen molar-refractivity contribution in [3.63, 3.8) is 0 Å². The van der Waals surface area contributed by atoms with E-state index in [0.717, 1.165) is 0 Å². The first-order valence-corrected chi connectivity index (χ1v) is 7.85. The predicted molar refractivity (Wildman–Crippen MR) is 83.4 cm³/mol. The third kappa shape index (κ3) is 4.00. The average Bonchev–Trinajstić information content (AvgIpc) is 2.90. The van der Waals surface area contributed by atoms with Gasteiger partial charge in [0.1, 0.15) is 6.54 Å². The average molecular weight is 322 g/mol. The van der Waals surface area contributed by atoms with Crippen molar-refractivity contribution in [1.82, 2.24) is 9.80 Å². The zero-order valence-electron chi connectivity index (χ0n) is 12.5. The Morgan fingerprint density at radius 2 is 2.00 bits per heavy atom. The summed E-state index contributed by atoms with van der Waals surface area (Å²) in [7, 11) is 3.21. The second kappa shape index (κ2) is 7.31. The minimum absolute atomic E-state index is 0.129. The molecule has 1 saturated heterocycles. The van der Waals surface area contributed by atoms with E-state index >= 15 is 0 Å². The van der Waals surface area contributed by atoms with Crippen LogP contribution in [0.25, 0.3) is 0 Å². The highest BCUT2D eigenvalue weighted by molar-refractivity contribution is 8.13. The topological polar surface area (TPSA) is 66.9 Å². The Bertz CT molecular complexity index is 562. The smallest absolute Gasteiger partial charge is 0.326 e. The molecule has 0 saturated carbocycles. The number of rotatable bonds is 5. The van der Waals surface area contributed by atoms with Gasteiger partial charge in [-0.15, -0.1) is 0 Å².